The minimum atomic E-state index is -2.44. The molecule has 4 aromatic carbocycles. The predicted octanol–water partition coefficient (Wildman–Crippen LogP) is 7.53. The van der Waals surface area contributed by atoms with Crippen LogP contribution in [-0.2, 0) is 4.43 Å². The largest absolute Gasteiger partial charge is 0.407 e. The van der Waals surface area contributed by atoms with Gasteiger partial charge in [-0.1, -0.05) is 119 Å². The fraction of sp³-hybridized carbons (Fsp3) is 0.290. The maximum Gasteiger partial charge on any atom is 0.261 e. The van der Waals surface area contributed by atoms with E-state index in [4.69, 9.17) is 4.43 Å². The molecular weight excluding hydrogens is 448 g/mol. The van der Waals surface area contributed by atoms with Crippen molar-refractivity contribution in [1.82, 2.24) is 0 Å². The normalized spacial score (nSPS) is 13.2. The van der Waals surface area contributed by atoms with Gasteiger partial charge >= 0.3 is 0 Å². The third-order valence-electron chi connectivity index (χ3n) is 6.60. The fourth-order valence-corrected chi connectivity index (χ4v) is 10.4. The lowest BCUT2D eigenvalue weighted by Gasteiger charge is -2.43. The first-order valence-electron chi connectivity index (χ1n) is 12.3. The Morgan fingerprint density at radius 2 is 1.29 bits per heavy atom. The first-order valence-corrected chi connectivity index (χ1v) is 15.2. The lowest BCUT2D eigenvalue weighted by atomic mass is 10.1. The second-order valence-electron chi connectivity index (χ2n) is 10.2. The number of rotatable bonds is 9. The quantitative estimate of drug-likeness (QED) is 0.179. The van der Waals surface area contributed by atoms with Crippen LogP contribution in [0.5, 0.6) is 0 Å². The summed E-state index contributed by atoms with van der Waals surface area (Å²) in [7, 11) is -2.44. The number of hydrogen-bond donors (Lipinski definition) is 0. The maximum atomic E-state index is 7.08. The van der Waals surface area contributed by atoms with Crippen LogP contribution in [0.3, 0.4) is 0 Å². The monoisotopic (exact) mass is 484 g/mol. The zero-order chi connectivity index (χ0) is 24.0. The van der Waals surface area contributed by atoms with Crippen LogP contribution >= 0.6 is 11.8 Å². The molecule has 4 aromatic rings. The highest BCUT2D eigenvalue weighted by molar-refractivity contribution is 7.99. The lowest BCUT2D eigenvalue weighted by Crippen LogP contribution is -2.66. The zero-order valence-electron chi connectivity index (χ0n) is 20.8. The van der Waals surface area contributed by atoms with Crippen molar-refractivity contribution in [1.29, 1.82) is 0 Å². The van der Waals surface area contributed by atoms with E-state index in [9.17, 15) is 0 Å². The molecule has 0 radical (unpaired) electrons. The van der Waals surface area contributed by atoms with Gasteiger partial charge in [-0.25, -0.2) is 0 Å². The second-order valence-corrected chi connectivity index (χ2v) is 15.6. The van der Waals surface area contributed by atoms with E-state index in [0.29, 0.717) is 5.92 Å². The van der Waals surface area contributed by atoms with Gasteiger partial charge in [-0.2, -0.15) is 0 Å². The van der Waals surface area contributed by atoms with Crippen LogP contribution < -0.4 is 10.4 Å². The van der Waals surface area contributed by atoms with E-state index < -0.39 is 8.32 Å². The Labute approximate surface area is 210 Å². The molecule has 0 amide bonds. The third-order valence-corrected chi connectivity index (χ3v) is 13.0. The van der Waals surface area contributed by atoms with Crippen molar-refractivity contribution in [3.8, 4) is 0 Å². The van der Waals surface area contributed by atoms with E-state index in [0.717, 1.165) is 18.8 Å². The summed E-state index contributed by atoms with van der Waals surface area (Å²) in [6.07, 6.45) is 1.06. The summed E-state index contributed by atoms with van der Waals surface area (Å²) in [6, 6.07) is 37.2. The molecule has 1 atom stereocenters. The Balaban J connectivity index is 1.46. The van der Waals surface area contributed by atoms with Crippen LogP contribution in [0.2, 0.25) is 5.04 Å². The second kappa shape index (κ2) is 10.9. The van der Waals surface area contributed by atoms with Gasteiger partial charge in [-0.15, -0.1) is 11.8 Å². The van der Waals surface area contributed by atoms with E-state index in [1.807, 2.05) is 11.8 Å². The van der Waals surface area contributed by atoms with Crippen molar-refractivity contribution in [2.24, 2.45) is 5.92 Å². The minimum Gasteiger partial charge on any atom is -0.407 e. The van der Waals surface area contributed by atoms with Crippen molar-refractivity contribution in [2.45, 2.75) is 44.0 Å². The summed E-state index contributed by atoms with van der Waals surface area (Å²) < 4.78 is 7.08. The van der Waals surface area contributed by atoms with Crippen molar-refractivity contribution in [3.63, 3.8) is 0 Å². The van der Waals surface area contributed by atoms with Crippen LogP contribution in [0, 0.1) is 5.92 Å². The van der Waals surface area contributed by atoms with Crippen LogP contribution in [0.4, 0.5) is 0 Å². The molecule has 4 rings (SSSR count). The predicted molar refractivity (Wildman–Crippen MR) is 152 cm³/mol. The van der Waals surface area contributed by atoms with Gasteiger partial charge in [0.25, 0.3) is 8.32 Å². The van der Waals surface area contributed by atoms with Crippen molar-refractivity contribution in [3.05, 3.63) is 103 Å². The summed E-state index contributed by atoms with van der Waals surface area (Å²) in [5.74, 6) is 1.68. The fourth-order valence-electron chi connectivity index (χ4n) is 4.75. The highest BCUT2D eigenvalue weighted by atomic mass is 32.2. The van der Waals surface area contributed by atoms with Gasteiger partial charge in [-0.05, 0) is 50.7 Å². The zero-order valence-corrected chi connectivity index (χ0v) is 22.6. The average molecular weight is 485 g/mol. The third kappa shape index (κ3) is 5.49. The molecule has 0 aliphatic rings. The highest BCUT2D eigenvalue weighted by Crippen LogP contribution is 2.37. The van der Waals surface area contributed by atoms with Gasteiger partial charge in [-0.3, -0.25) is 0 Å². The Bertz CT molecular complexity index is 1140. The number of benzene rings is 4. The van der Waals surface area contributed by atoms with Gasteiger partial charge in [0.15, 0.2) is 0 Å². The van der Waals surface area contributed by atoms with E-state index in [2.05, 4.69) is 131 Å². The average Bonchev–Trinajstić information content (AvgIpc) is 2.85. The van der Waals surface area contributed by atoms with Crippen LogP contribution in [0.25, 0.3) is 10.8 Å². The molecule has 34 heavy (non-hydrogen) atoms. The summed E-state index contributed by atoms with van der Waals surface area (Å²) in [6.45, 7) is 10.2. The topological polar surface area (TPSA) is 9.23 Å². The number of thioether (sulfide) groups is 1. The molecule has 0 bridgehead atoms. The molecule has 0 heterocycles. The van der Waals surface area contributed by atoms with E-state index >= 15 is 0 Å². The van der Waals surface area contributed by atoms with Crippen LogP contribution in [-0.4, -0.2) is 20.7 Å². The van der Waals surface area contributed by atoms with Gasteiger partial charge < -0.3 is 4.43 Å². The van der Waals surface area contributed by atoms with Crippen LogP contribution in [0.15, 0.2) is 108 Å². The molecule has 0 N–H and O–H groups in total. The minimum absolute atomic E-state index is 0.0266. The van der Waals surface area contributed by atoms with Gasteiger partial charge in [0.2, 0.25) is 0 Å². The summed E-state index contributed by atoms with van der Waals surface area (Å²) in [5.41, 5.74) is 0. The van der Waals surface area contributed by atoms with E-state index in [1.165, 1.54) is 26.0 Å². The van der Waals surface area contributed by atoms with E-state index in [-0.39, 0.29) is 5.04 Å². The number of fused-ring (bicyclic) bond motifs is 1. The van der Waals surface area contributed by atoms with Crippen molar-refractivity contribution >= 4 is 41.2 Å². The molecule has 1 nitrogen and oxygen atoms in total. The Hall–Kier alpha value is -2.33. The summed E-state index contributed by atoms with van der Waals surface area (Å²) in [4.78, 5) is 1.35. The van der Waals surface area contributed by atoms with E-state index in [1.54, 1.807) is 0 Å². The van der Waals surface area contributed by atoms with Gasteiger partial charge in [0, 0.05) is 17.3 Å². The van der Waals surface area contributed by atoms with Gasteiger partial charge in [0.05, 0.1) is 0 Å². The molecule has 0 aliphatic carbocycles. The molecule has 0 unspecified atom stereocenters. The molecule has 176 valence electrons. The molecular formula is C31H36OSSi. The molecule has 0 saturated carbocycles. The summed E-state index contributed by atoms with van der Waals surface area (Å²) in [5, 5.41) is 5.35. The SMILES string of the molecule is C[C@@H](CCO[Si](c1ccccc1)(c1ccccc1)C(C)(C)C)CSc1ccc2ccccc2c1. The number of hydrogen-bond acceptors (Lipinski definition) is 2. The smallest absolute Gasteiger partial charge is 0.261 e. The van der Waals surface area contributed by atoms with Gasteiger partial charge in [0.1, 0.15) is 0 Å². The van der Waals surface area contributed by atoms with Crippen molar-refractivity contribution in [2.75, 3.05) is 12.4 Å². The molecule has 0 fully saturated rings. The molecule has 0 aliphatic heterocycles. The highest BCUT2D eigenvalue weighted by Gasteiger charge is 2.49. The molecule has 0 spiro atoms. The van der Waals surface area contributed by atoms with Crippen molar-refractivity contribution < 1.29 is 4.43 Å². The Morgan fingerprint density at radius 3 is 1.88 bits per heavy atom. The standard InChI is InChI=1S/C31H36OSSi/c1-25(24-33-28-20-19-26-13-11-12-14-27(26)23-28)21-22-32-34(31(2,3)4,29-15-7-5-8-16-29)30-17-9-6-10-18-30/h5-20,23,25H,21-22,24H2,1-4H3/t25-/m0/s1. The molecule has 0 aromatic heterocycles. The lowest BCUT2D eigenvalue weighted by molar-refractivity contribution is 0.274. The Morgan fingerprint density at radius 1 is 0.735 bits per heavy atom. The Kier molecular flexibility index (Phi) is 7.97. The maximum absolute atomic E-state index is 7.08. The summed E-state index contributed by atoms with van der Waals surface area (Å²) >= 11 is 1.96. The first kappa shape index (κ1) is 24.8. The molecule has 3 heteroatoms. The molecule has 0 saturated heterocycles. The van der Waals surface area contributed by atoms with Crippen LogP contribution in [0.1, 0.15) is 34.1 Å². The first-order chi connectivity index (χ1) is 16.4.